The summed E-state index contributed by atoms with van der Waals surface area (Å²) in [6, 6.07) is 1.90. The van der Waals surface area contributed by atoms with Gasteiger partial charge in [-0.2, -0.15) is 0 Å². The molecule has 0 saturated carbocycles. The van der Waals surface area contributed by atoms with Crippen LogP contribution in [-0.2, 0) is 19.4 Å². The summed E-state index contributed by atoms with van der Waals surface area (Å²) in [5, 5.41) is 10.4. The zero-order valence-electron chi connectivity index (χ0n) is 12.7. The van der Waals surface area contributed by atoms with Crippen LogP contribution < -0.4 is 5.56 Å². The second kappa shape index (κ2) is 6.21. The number of aromatic nitrogens is 3. The molecule has 3 heterocycles. The number of nitrogens with zero attached hydrogens (tertiary/aromatic N) is 3. The molecule has 0 radical (unpaired) electrons. The first-order chi connectivity index (χ1) is 11.0. The minimum Gasteiger partial charge on any atom is -0.477 e. The molecule has 0 spiro atoms. The summed E-state index contributed by atoms with van der Waals surface area (Å²) in [6.07, 6.45) is 2.95. The minimum absolute atomic E-state index is 0.0577. The van der Waals surface area contributed by atoms with E-state index in [0.717, 1.165) is 27.5 Å². The van der Waals surface area contributed by atoms with E-state index in [4.69, 9.17) is 5.11 Å². The Kier molecular flexibility index (Phi) is 4.27. The van der Waals surface area contributed by atoms with Gasteiger partial charge in [0.15, 0.2) is 0 Å². The van der Waals surface area contributed by atoms with Crippen LogP contribution in [0.3, 0.4) is 0 Å². The number of carbonyl (C=O) groups is 1. The van der Waals surface area contributed by atoms with E-state index >= 15 is 0 Å². The zero-order chi connectivity index (χ0) is 16.6. The highest BCUT2D eigenvalue weighted by molar-refractivity contribution is 7.18. The Morgan fingerprint density at radius 3 is 2.83 bits per heavy atom. The molecule has 0 aromatic carbocycles. The smallest absolute Gasteiger partial charge is 0.347 e. The van der Waals surface area contributed by atoms with E-state index in [-0.39, 0.29) is 10.4 Å². The van der Waals surface area contributed by atoms with Crippen molar-refractivity contribution in [2.45, 2.75) is 33.2 Å². The zero-order valence-corrected chi connectivity index (χ0v) is 14.3. The number of carboxylic acid groups (broad SMARTS) is 1. The number of carboxylic acids is 1. The molecule has 0 atom stereocenters. The number of thiazole rings is 1. The van der Waals surface area contributed by atoms with E-state index in [2.05, 4.69) is 9.97 Å². The van der Waals surface area contributed by atoms with Crippen LogP contribution in [0.15, 0.2) is 17.2 Å². The Labute approximate surface area is 140 Å². The molecule has 3 aromatic heterocycles. The number of aromatic carboxylic acids is 1. The van der Waals surface area contributed by atoms with Gasteiger partial charge in [-0.1, -0.05) is 6.92 Å². The fourth-order valence-electron chi connectivity index (χ4n) is 2.32. The molecule has 23 heavy (non-hydrogen) atoms. The number of hydrogen-bond acceptors (Lipinski definition) is 6. The van der Waals surface area contributed by atoms with Gasteiger partial charge in [-0.25, -0.2) is 14.8 Å². The highest BCUT2D eigenvalue weighted by atomic mass is 32.1. The molecule has 0 unspecified atom stereocenters. The maximum atomic E-state index is 12.5. The van der Waals surface area contributed by atoms with Crippen molar-refractivity contribution in [3.63, 3.8) is 0 Å². The molecule has 1 N–H and O–H groups in total. The van der Waals surface area contributed by atoms with E-state index in [1.165, 1.54) is 0 Å². The van der Waals surface area contributed by atoms with Crippen molar-refractivity contribution in [3.8, 4) is 0 Å². The Morgan fingerprint density at radius 2 is 2.17 bits per heavy atom. The topological polar surface area (TPSA) is 85.1 Å². The van der Waals surface area contributed by atoms with Gasteiger partial charge in [-0.05, 0) is 19.4 Å². The summed E-state index contributed by atoms with van der Waals surface area (Å²) in [6.45, 7) is 4.17. The number of thiophene rings is 1. The molecule has 0 fully saturated rings. The second-order valence-electron chi connectivity index (χ2n) is 5.11. The third kappa shape index (κ3) is 3.04. The van der Waals surface area contributed by atoms with Gasteiger partial charge >= 0.3 is 5.97 Å². The summed E-state index contributed by atoms with van der Waals surface area (Å²) >= 11 is 2.70. The number of hydrogen-bond donors (Lipinski definition) is 1. The predicted octanol–water partition coefficient (Wildman–Crippen LogP) is 2.73. The molecule has 0 saturated heterocycles. The largest absolute Gasteiger partial charge is 0.477 e. The highest BCUT2D eigenvalue weighted by Gasteiger charge is 2.14. The fourth-order valence-corrected chi connectivity index (χ4v) is 4.13. The molecule has 6 nitrogen and oxygen atoms in total. The normalized spacial score (nSPS) is 11.2. The van der Waals surface area contributed by atoms with Crippen molar-refractivity contribution in [2.24, 2.45) is 0 Å². The summed E-state index contributed by atoms with van der Waals surface area (Å²) < 4.78 is 1.56. The summed E-state index contributed by atoms with van der Waals surface area (Å²) in [4.78, 5) is 34.3. The van der Waals surface area contributed by atoms with Crippen LogP contribution in [0.5, 0.6) is 0 Å². The van der Waals surface area contributed by atoms with Crippen molar-refractivity contribution in [2.75, 3.05) is 0 Å². The average molecular weight is 349 g/mol. The van der Waals surface area contributed by atoms with Gasteiger partial charge in [0.05, 0.1) is 22.4 Å². The molecule has 0 aliphatic rings. The molecule has 0 aliphatic carbocycles. The van der Waals surface area contributed by atoms with Crippen molar-refractivity contribution in [1.82, 2.24) is 14.5 Å². The van der Waals surface area contributed by atoms with E-state index in [1.54, 1.807) is 29.2 Å². The van der Waals surface area contributed by atoms with Gasteiger partial charge in [0.2, 0.25) is 0 Å². The molecule has 8 heteroatoms. The molecule has 0 amide bonds. The van der Waals surface area contributed by atoms with Crippen molar-refractivity contribution < 1.29 is 9.90 Å². The highest BCUT2D eigenvalue weighted by Crippen LogP contribution is 2.21. The number of fused-ring (bicyclic) bond motifs is 1. The van der Waals surface area contributed by atoms with E-state index in [0.29, 0.717) is 29.1 Å². The Morgan fingerprint density at radius 1 is 1.39 bits per heavy atom. The summed E-state index contributed by atoms with van der Waals surface area (Å²) in [5.74, 6) is -0.961. The summed E-state index contributed by atoms with van der Waals surface area (Å²) in [7, 11) is 0. The third-order valence-electron chi connectivity index (χ3n) is 3.52. The summed E-state index contributed by atoms with van der Waals surface area (Å²) in [5.41, 5.74) is 0.460. The lowest BCUT2D eigenvalue weighted by Crippen LogP contribution is -2.20. The molecule has 0 aliphatic heterocycles. The van der Waals surface area contributed by atoms with Crippen LogP contribution in [0.2, 0.25) is 0 Å². The second-order valence-corrected chi connectivity index (χ2v) is 7.30. The molecule has 120 valence electrons. The maximum absolute atomic E-state index is 12.5. The van der Waals surface area contributed by atoms with Gasteiger partial charge in [-0.3, -0.25) is 9.36 Å². The molecular formula is C15H15N3O3S2. The first kappa shape index (κ1) is 15.8. The van der Waals surface area contributed by atoms with E-state index in [1.807, 2.05) is 13.0 Å². The first-order valence-electron chi connectivity index (χ1n) is 7.17. The quantitative estimate of drug-likeness (QED) is 0.765. The molecule has 3 aromatic rings. The van der Waals surface area contributed by atoms with Gasteiger partial charge in [0.1, 0.15) is 9.71 Å². The van der Waals surface area contributed by atoms with Crippen molar-refractivity contribution in [1.29, 1.82) is 0 Å². The predicted molar refractivity (Wildman–Crippen MR) is 90.8 cm³/mol. The minimum atomic E-state index is -0.961. The van der Waals surface area contributed by atoms with E-state index in [9.17, 15) is 9.59 Å². The van der Waals surface area contributed by atoms with Crippen LogP contribution in [0.4, 0.5) is 0 Å². The number of aryl methyl sites for hydroxylation is 4. The standard InChI is InChI=1S/C15H15N3O3S2/c1-3-9-6-10-13(22-9)16-7-18(14(10)19)5-4-11-17-8(2)12(23-11)15(20)21/h6-7H,3-5H2,1-2H3,(H,20,21). The van der Waals surface area contributed by atoms with Gasteiger partial charge in [0, 0.05) is 17.8 Å². The number of rotatable bonds is 5. The Bertz CT molecular complexity index is 939. The third-order valence-corrected chi connectivity index (χ3v) is 5.91. The molecular weight excluding hydrogens is 334 g/mol. The monoisotopic (exact) mass is 349 g/mol. The lowest BCUT2D eigenvalue weighted by Gasteiger charge is -2.03. The fraction of sp³-hybridized carbons (Fsp3) is 0.333. The van der Waals surface area contributed by atoms with Crippen LogP contribution in [0, 0.1) is 6.92 Å². The van der Waals surface area contributed by atoms with Crippen molar-refractivity contribution >= 4 is 38.9 Å². The lowest BCUT2D eigenvalue weighted by molar-refractivity contribution is 0.0701. The van der Waals surface area contributed by atoms with Crippen LogP contribution in [0.25, 0.3) is 10.2 Å². The van der Waals surface area contributed by atoms with Gasteiger partial charge < -0.3 is 5.11 Å². The lowest BCUT2D eigenvalue weighted by atomic mass is 10.3. The van der Waals surface area contributed by atoms with Gasteiger partial charge in [-0.15, -0.1) is 22.7 Å². The Balaban J connectivity index is 1.84. The van der Waals surface area contributed by atoms with Crippen LogP contribution >= 0.6 is 22.7 Å². The van der Waals surface area contributed by atoms with Crippen LogP contribution in [-0.4, -0.2) is 25.6 Å². The Hall–Kier alpha value is -2.06. The first-order valence-corrected chi connectivity index (χ1v) is 8.80. The maximum Gasteiger partial charge on any atom is 0.347 e. The SMILES string of the molecule is CCc1cc2c(=O)n(CCc3nc(C)c(C(=O)O)s3)cnc2s1. The van der Waals surface area contributed by atoms with Gasteiger partial charge in [0.25, 0.3) is 5.56 Å². The average Bonchev–Trinajstić information content (AvgIpc) is 3.10. The molecule has 0 bridgehead atoms. The van der Waals surface area contributed by atoms with Crippen molar-refractivity contribution in [3.05, 3.63) is 43.2 Å². The van der Waals surface area contributed by atoms with Crippen LogP contribution in [0.1, 0.15) is 32.2 Å². The molecule has 3 rings (SSSR count). The van der Waals surface area contributed by atoms with E-state index < -0.39 is 5.97 Å².